The number of rotatable bonds is 3. The van der Waals surface area contributed by atoms with Crippen LogP contribution in [0.5, 0.6) is 5.75 Å². The molecule has 0 fully saturated rings. The largest absolute Gasteiger partial charge is 0.573 e. The van der Waals surface area contributed by atoms with Crippen LogP contribution in [0.4, 0.5) is 19.0 Å². The summed E-state index contributed by atoms with van der Waals surface area (Å²) >= 11 is 3.23. The summed E-state index contributed by atoms with van der Waals surface area (Å²) in [5, 5.41) is 2.81. The Balaban J connectivity index is 2.47. The first kappa shape index (κ1) is 14.6. The van der Waals surface area contributed by atoms with E-state index in [1.165, 1.54) is 24.4 Å². The molecule has 0 aliphatic heterocycles. The minimum absolute atomic E-state index is 0.136. The van der Waals surface area contributed by atoms with Crippen molar-refractivity contribution in [3.63, 3.8) is 0 Å². The molecule has 0 spiro atoms. The lowest BCUT2D eigenvalue weighted by atomic mass is 10.2. The average molecular weight is 348 g/mol. The van der Waals surface area contributed by atoms with E-state index >= 15 is 0 Å². The molecule has 1 aromatic heterocycles. The highest BCUT2D eigenvalue weighted by Crippen LogP contribution is 2.33. The van der Waals surface area contributed by atoms with Crippen LogP contribution < -0.4 is 10.1 Å². The fourth-order valence-corrected chi connectivity index (χ4v) is 1.93. The second-order valence-electron chi connectivity index (χ2n) is 3.68. The van der Waals surface area contributed by atoms with E-state index in [4.69, 9.17) is 0 Å². The van der Waals surface area contributed by atoms with Gasteiger partial charge in [0, 0.05) is 13.2 Å². The number of halogens is 4. The van der Waals surface area contributed by atoms with Crippen molar-refractivity contribution in [2.45, 2.75) is 6.36 Å². The quantitative estimate of drug-likeness (QED) is 0.916. The van der Waals surface area contributed by atoms with Gasteiger partial charge >= 0.3 is 6.36 Å². The second kappa shape index (κ2) is 5.66. The first-order valence-electron chi connectivity index (χ1n) is 5.46. The van der Waals surface area contributed by atoms with Crippen LogP contribution in [0.2, 0.25) is 0 Å². The standard InChI is InChI=1S/C12H9BrF3N3O/c1-17-11-8(13)6-18-10(19-11)7-4-2-3-5-9(7)20-12(14,15)16/h2-6H,1H3,(H,17,18,19). The molecule has 2 aromatic rings. The number of alkyl halides is 3. The maximum atomic E-state index is 12.4. The van der Waals surface area contributed by atoms with Gasteiger partial charge in [-0.3, -0.25) is 0 Å². The molecule has 2 rings (SSSR count). The zero-order chi connectivity index (χ0) is 14.8. The van der Waals surface area contributed by atoms with E-state index in [0.717, 1.165) is 0 Å². The fraction of sp³-hybridized carbons (Fsp3) is 0.167. The number of nitrogens with zero attached hydrogens (tertiary/aromatic N) is 2. The van der Waals surface area contributed by atoms with Gasteiger partial charge in [-0.1, -0.05) is 12.1 Å². The van der Waals surface area contributed by atoms with E-state index in [9.17, 15) is 13.2 Å². The molecule has 1 heterocycles. The number of para-hydroxylation sites is 1. The predicted molar refractivity (Wildman–Crippen MR) is 71.4 cm³/mol. The number of nitrogens with one attached hydrogen (secondary N) is 1. The van der Waals surface area contributed by atoms with Crippen LogP contribution in [0.15, 0.2) is 34.9 Å². The molecule has 0 unspecified atom stereocenters. The smallest absolute Gasteiger partial charge is 0.405 e. The van der Waals surface area contributed by atoms with E-state index in [2.05, 4.69) is 36.0 Å². The molecule has 20 heavy (non-hydrogen) atoms. The SMILES string of the molecule is CNc1nc(-c2ccccc2OC(F)(F)F)ncc1Br. The van der Waals surface area contributed by atoms with E-state index in [1.807, 2.05) is 0 Å². The van der Waals surface area contributed by atoms with Gasteiger partial charge in [-0.15, -0.1) is 13.2 Å². The summed E-state index contributed by atoms with van der Waals surface area (Å²) in [7, 11) is 1.65. The highest BCUT2D eigenvalue weighted by molar-refractivity contribution is 9.10. The van der Waals surface area contributed by atoms with Crippen LogP contribution in [-0.4, -0.2) is 23.4 Å². The average Bonchev–Trinajstić information content (AvgIpc) is 2.38. The Morgan fingerprint density at radius 2 is 1.95 bits per heavy atom. The van der Waals surface area contributed by atoms with Gasteiger partial charge < -0.3 is 10.1 Å². The van der Waals surface area contributed by atoms with Gasteiger partial charge in [-0.2, -0.15) is 0 Å². The van der Waals surface area contributed by atoms with Crippen molar-refractivity contribution in [3.8, 4) is 17.1 Å². The van der Waals surface area contributed by atoms with Gasteiger partial charge in [0.1, 0.15) is 11.6 Å². The van der Waals surface area contributed by atoms with Crippen LogP contribution in [0.3, 0.4) is 0 Å². The summed E-state index contributed by atoms with van der Waals surface area (Å²) < 4.78 is 41.7. The molecule has 4 nitrogen and oxygen atoms in total. The minimum Gasteiger partial charge on any atom is -0.405 e. The third-order valence-corrected chi connectivity index (χ3v) is 2.91. The highest BCUT2D eigenvalue weighted by Gasteiger charge is 2.32. The highest BCUT2D eigenvalue weighted by atomic mass is 79.9. The Hall–Kier alpha value is -1.83. The molecule has 0 amide bonds. The van der Waals surface area contributed by atoms with E-state index in [1.54, 1.807) is 13.1 Å². The van der Waals surface area contributed by atoms with Crippen molar-refractivity contribution in [2.75, 3.05) is 12.4 Å². The molecule has 1 N–H and O–H groups in total. The summed E-state index contributed by atoms with van der Waals surface area (Å²) in [6, 6.07) is 5.71. The van der Waals surface area contributed by atoms with Crippen molar-refractivity contribution in [1.82, 2.24) is 9.97 Å². The summed E-state index contributed by atoms with van der Waals surface area (Å²) in [6.45, 7) is 0. The van der Waals surface area contributed by atoms with Crippen LogP contribution >= 0.6 is 15.9 Å². The van der Waals surface area contributed by atoms with Gasteiger partial charge in [-0.05, 0) is 28.1 Å². The van der Waals surface area contributed by atoms with Gasteiger partial charge in [-0.25, -0.2) is 9.97 Å². The first-order valence-corrected chi connectivity index (χ1v) is 6.25. The van der Waals surface area contributed by atoms with Crippen molar-refractivity contribution in [1.29, 1.82) is 0 Å². The minimum atomic E-state index is -4.77. The lowest BCUT2D eigenvalue weighted by molar-refractivity contribution is -0.274. The van der Waals surface area contributed by atoms with Crippen LogP contribution in [0.1, 0.15) is 0 Å². The Kier molecular flexibility index (Phi) is 4.12. The van der Waals surface area contributed by atoms with Gasteiger partial charge in [0.25, 0.3) is 0 Å². The van der Waals surface area contributed by atoms with Crippen molar-refractivity contribution in [2.24, 2.45) is 0 Å². The second-order valence-corrected chi connectivity index (χ2v) is 4.54. The number of benzene rings is 1. The van der Waals surface area contributed by atoms with Crippen molar-refractivity contribution >= 4 is 21.7 Å². The molecule has 0 radical (unpaired) electrons. The first-order chi connectivity index (χ1) is 9.40. The van der Waals surface area contributed by atoms with E-state index in [-0.39, 0.29) is 17.1 Å². The van der Waals surface area contributed by atoms with E-state index < -0.39 is 6.36 Å². The molecule has 0 aliphatic carbocycles. The number of aromatic nitrogens is 2. The Bertz CT molecular complexity index is 619. The summed E-state index contributed by atoms with van der Waals surface area (Å²) in [5.41, 5.74) is 0.161. The molecule has 0 saturated carbocycles. The number of ether oxygens (including phenoxy) is 1. The van der Waals surface area contributed by atoms with Gasteiger partial charge in [0.2, 0.25) is 0 Å². The molecule has 106 valence electrons. The monoisotopic (exact) mass is 347 g/mol. The third kappa shape index (κ3) is 3.38. The lowest BCUT2D eigenvalue weighted by Gasteiger charge is -2.13. The van der Waals surface area contributed by atoms with Crippen LogP contribution in [0.25, 0.3) is 11.4 Å². The Morgan fingerprint density at radius 3 is 2.60 bits per heavy atom. The number of anilines is 1. The zero-order valence-electron chi connectivity index (χ0n) is 10.2. The summed E-state index contributed by atoms with van der Waals surface area (Å²) in [5.74, 6) is 0.263. The Labute approximate surface area is 121 Å². The molecule has 0 bridgehead atoms. The molecule has 0 aliphatic rings. The molecular formula is C12H9BrF3N3O. The zero-order valence-corrected chi connectivity index (χ0v) is 11.8. The number of hydrogen-bond acceptors (Lipinski definition) is 4. The topological polar surface area (TPSA) is 47.0 Å². The molecule has 0 atom stereocenters. The molecular weight excluding hydrogens is 339 g/mol. The van der Waals surface area contributed by atoms with Crippen LogP contribution in [0, 0.1) is 0 Å². The van der Waals surface area contributed by atoms with Crippen molar-refractivity contribution in [3.05, 3.63) is 34.9 Å². The predicted octanol–water partition coefficient (Wildman–Crippen LogP) is 3.85. The fourth-order valence-electron chi connectivity index (χ4n) is 1.54. The summed E-state index contributed by atoms with van der Waals surface area (Å²) in [4.78, 5) is 8.14. The molecule has 8 heteroatoms. The maximum absolute atomic E-state index is 12.4. The van der Waals surface area contributed by atoms with Crippen LogP contribution in [-0.2, 0) is 0 Å². The molecule has 1 aromatic carbocycles. The third-order valence-electron chi connectivity index (χ3n) is 2.33. The lowest BCUT2D eigenvalue weighted by Crippen LogP contribution is -2.17. The molecule has 0 saturated heterocycles. The van der Waals surface area contributed by atoms with Gasteiger partial charge in [0.15, 0.2) is 5.82 Å². The summed E-state index contributed by atoms with van der Waals surface area (Å²) in [6.07, 6.45) is -3.31. The van der Waals surface area contributed by atoms with Crippen molar-refractivity contribution < 1.29 is 17.9 Å². The number of hydrogen-bond donors (Lipinski definition) is 1. The normalized spacial score (nSPS) is 11.2. The Morgan fingerprint density at radius 1 is 1.25 bits per heavy atom. The van der Waals surface area contributed by atoms with Gasteiger partial charge in [0.05, 0.1) is 10.0 Å². The maximum Gasteiger partial charge on any atom is 0.573 e. The van der Waals surface area contributed by atoms with E-state index in [0.29, 0.717) is 10.3 Å².